The number of hydrogen-bond acceptors (Lipinski definition) is 3. The normalized spacial score (nSPS) is 15.8. The number of rotatable bonds is 9. The second-order valence-electron chi connectivity index (χ2n) is 15.6. The van der Waals surface area contributed by atoms with Gasteiger partial charge in [0.1, 0.15) is 11.2 Å². The zero-order chi connectivity index (χ0) is 36.6. The van der Waals surface area contributed by atoms with E-state index < -0.39 is 5.89 Å². The Labute approximate surface area is 316 Å². The number of aromatic nitrogens is 1. The van der Waals surface area contributed by atoms with E-state index >= 15 is 0 Å². The van der Waals surface area contributed by atoms with Crippen molar-refractivity contribution in [2.24, 2.45) is 11.8 Å². The van der Waals surface area contributed by atoms with Crippen molar-refractivity contribution < 1.29 is 30.7 Å². The van der Waals surface area contributed by atoms with Crippen LogP contribution >= 0.6 is 0 Å². The number of benzene rings is 3. The van der Waals surface area contributed by atoms with Crippen LogP contribution in [0.2, 0.25) is 0 Å². The first-order valence-corrected chi connectivity index (χ1v) is 18.5. The van der Waals surface area contributed by atoms with Gasteiger partial charge >= 0.3 is 0 Å². The van der Waals surface area contributed by atoms with Crippen molar-refractivity contribution in [2.75, 3.05) is 0 Å². The molecule has 0 atom stereocenters. The van der Waals surface area contributed by atoms with E-state index in [1.807, 2.05) is 32.2 Å². The minimum Gasteiger partial charge on any atom is -0.462 e. The molecule has 0 bridgehead atoms. The molecule has 2 heterocycles. The van der Waals surface area contributed by atoms with Crippen LogP contribution in [0.25, 0.3) is 44.0 Å². The number of furan rings is 1. The largest absolute Gasteiger partial charge is 0.462 e. The van der Waals surface area contributed by atoms with Gasteiger partial charge in [-0.3, -0.25) is 4.98 Å². The number of carbonyl (C=O) groups excluding carboxylic acids is 1. The fraction of sp³-hybridized carbons (Fsp3) is 0.457. The summed E-state index contributed by atoms with van der Waals surface area (Å²) in [6.45, 7) is 25.7. The van der Waals surface area contributed by atoms with Crippen LogP contribution in [0.15, 0.2) is 70.8 Å². The van der Waals surface area contributed by atoms with E-state index in [1.54, 1.807) is 6.08 Å². The van der Waals surface area contributed by atoms with Gasteiger partial charge in [-0.05, 0) is 77.7 Å². The molecule has 0 saturated carbocycles. The van der Waals surface area contributed by atoms with E-state index in [9.17, 15) is 4.79 Å². The Kier molecular flexibility index (Phi) is 12.2. The summed E-state index contributed by atoms with van der Waals surface area (Å²) >= 11 is 0. The second-order valence-corrected chi connectivity index (χ2v) is 15.6. The van der Waals surface area contributed by atoms with Crippen molar-refractivity contribution in [3.63, 3.8) is 0 Å². The van der Waals surface area contributed by atoms with Gasteiger partial charge in [0.05, 0.1) is 5.78 Å². The Morgan fingerprint density at radius 2 is 1.50 bits per heavy atom. The quantitative estimate of drug-likeness (QED) is 0.110. The second kappa shape index (κ2) is 16.0. The predicted octanol–water partition coefficient (Wildman–Crippen LogP) is 13.3. The van der Waals surface area contributed by atoms with E-state index in [0.717, 1.165) is 80.8 Å². The van der Waals surface area contributed by atoms with Crippen LogP contribution in [0.5, 0.6) is 0 Å². The number of fused-ring (bicyclic) bond motifs is 5. The molecule has 50 heavy (non-hydrogen) atoms. The summed E-state index contributed by atoms with van der Waals surface area (Å²) in [5.74, 6) is 0.179. The summed E-state index contributed by atoms with van der Waals surface area (Å²) in [5, 5.41) is 4.29. The Bertz CT molecular complexity index is 2040. The maximum Gasteiger partial charge on any atom is 0.134 e. The first kappa shape index (κ1) is 38.0. The molecule has 6 rings (SSSR count). The van der Waals surface area contributed by atoms with Crippen LogP contribution in [-0.2, 0) is 35.7 Å². The minimum absolute atomic E-state index is 0. The van der Waals surface area contributed by atoms with Gasteiger partial charge in [0.2, 0.25) is 0 Å². The van der Waals surface area contributed by atoms with Crippen molar-refractivity contribution in [1.82, 2.24) is 4.98 Å². The molecule has 0 fully saturated rings. The summed E-state index contributed by atoms with van der Waals surface area (Å²) in [5.41, 5.74) is 8.43. The molecule has 3 aromatic carbocycles. The number of allylic oxidation sites excluding steroid dienone is 2. The van der Waals surface area contributed by atoms with Gasteiger partial charge in [-0.2, -0.15) is 6.08 Å². The average molecular weight is 849 g/mol. The van der Waals surface area contributed by atoms with Gasteiger partial charge in [-0.15, -0.1) is 29.1 Å². The SMILES string of the molecule is [2H]C(C)(C)c1cc(-c2nccc3c2oc2cc4c(cc23)C(C)(C)CCC4(C)C)[c-]c2ccccc12.[CH2-]/C(=C\C(=O)C(CC)CC)C(CC)CC.[Ir]. The van der Waals surface area contributed by atoms with Crippen LogP contribution in [0.4, 0.5) is 0 Å². The van der Waals surface area contributed by atoms with E-state index in [4.69, 9.17) is 10.8 Å². The molecule has 5 aromatic rings. The topological polar surface area (TPSA) is 43.1 Å². The molecule has 4 heteroatoms. The predicted molar refractivity (Wildman–Crippen MR) is 209 cm³/mol. The van der Waals surface area contributed by atoms with E-state index in [0.29, 0.717) is 5.92 Å². The Balaban J connectivity index is 0.000000312. The monoisotopic (exact) mass is 849 g/mol. The van der Waals surface area contributed by atoms with E-state index in [-0.39, 0.29) is 42.6 Å². The van der Waals surface area contributed by atoms with Crippen molar-refractivity contribution in [1.29, 1.82) is 0 Å². The molecule has 2 aromatic heterocycles. The number of hydrogen-bond donors (Lipinski definition) is 0. The molecule has 0 saturated heterocycles. The summed E-state index contributed by atoms with van der Waals surface area (Å²) in [7, 11) is 0. The number of ketones is 1. The van der Waals surface area contributed by atoms with Gasteiger partial charge in [0.15, 0.2) is 0 Å². The third-order valence-corrected chi connectivity index (χ3v) is 11.2. The molecule has 0 aliphatic heterocycles. The molecule has 1 aliphatic carbocycles. The van der Waals surface area contributed by atoms with Crippen LogP contribution in [0.1, 0.15) is 132 Å². The molecule has 269 valence electrons. The number of nitrogens with zero attached hydrogens (tertiary/aromatic N) is 1. The fourth-order valence-corrected chi connectivity index (χ4v) is 7.65. The molecule has 1 radical (unpaired) electrons. The fourth-order valence-electron chi connectivity index (χ4n) is 7.65. The van der Waals surface area contributed by atoms with Gasteiger partial charge < -0.3 is 9.21 Å². The Morgan fingerprint density at radius 3 is 2.10 bits per heavy atom. The summed E-state index contributed by atoms with van der Waals surface area (Å²) in [6, 6.07) is 20.5. The van der Waals surface area contributed by atoms with Crippen LogP contribution in [0, 0.1) is 24.8 Å². The summed E-state index contributed by atoms with van der Waals surface area (Å²) in [6.07, 6.45) is 10.0. The summed E-state index contributed by atoms with van der Waals surface area (Å²) in [4.78, 5) is 16.6. The number of carbonyl (C=O) groups is 1. The van der Waals surface area contributed by atoms with Crippen LogP contribution in [-0.4, -0.2) is 10.8 Å². The van der Waals surface area contributed by atoms with Crippen LogP contribution in [0.3, 0.4) is 0 Å². The molecule has 0 unspecified atom stereocenters. The molecule has 0 N–H and O–H groups in total. The first-order chi connectivity index (χ1) is 23.6. The van der Waals surface area contributed by atoms with Gasteiger partial charge in [-0.1, -0.05) is 111 Å². The molecule has 3 nitrogen and oxygen atoms in total. The van der Waals surface area contributed by atoms with Gasteiger partial charge in [0, 0.05) is 50.1 Å². The molecule has 0 amide bonds. The van der Waals surface area contributed by atoms with E-state index in [1.165, 1.54) is 24.0 Å². The first-order valence-electron chi connectivity index (χ1n) is 19.0. The Morgan fingerprint density at radius 1 is 0.900 bits per heavy atom. The molecule has 1 aliphatic rings. The smallest absolute Gasteiger partial charge is 0.134 e. The third kappa shape index (κ3) is 7.83. The summed E-state index contributed by atoms with van der Waals surface area (Å²) < 4.78 is 15.4. The van der Waals surface area contributed by atoms with Crippen LogP contribution < -0.4 is 0 Å². The standard InChI is InChI=1S/C32H32NO.C14H25O.Ir/c1-19(2)24-16-21(15-20-9-7-8-10-22(20)24)29-30-23(11-14-33-29)25-17-26-27(18-28(25)34-30)32(5,6)13-12-31(26,3)4;1-6-12(7-2)11(5)10-14(15)13(8-3)9-4;/h7-11,14,16-19H,12-13H2,1-6H3;10,12-13H,5-9H2,1-4H3;/q2*-1;/b;11-10+;/i19D;;. The maximum absolute atomic E-state index is 11.8. The van der Waals surface area contributed by atoms with E-state index in [2.05, 4.69) is 105 Å². The maximum atomic E-state index is 11.8. The number of pyridine rings is 1. The van der Waals surface area contributed by atoms with Gasteiger partial charge in [0.25, 0.3) is 0 Å². The minimum atomic E-state index is -0.749. The zero-order valence-electron chi connectivity index (χ0n) is 33.0. The Hall–Kier alpha value is -3.20. The average Bonchev–Trinajstić information content (AvgIpc) is 3.45. The van der Waals surface area contributed by atoms with Crippen molar-refractivity contribution in [3.05, 3.63) is 96.1 Å². The van der Waals surface area contributed by atoms with Crippen molar-refractivity contribution in [2.45, 2.75) is 124 Å². The molecule has 0 spiro atoms. The third-order valence-electron chi connectivity index (χ3n) is 11.2. The van der Waals surface area contributed by atoms with Crippen molar-refractivity contribution >= 4 is 38.5 Å². The molecular weight excluding hydrogens is 791 g/mol. The zero-order valence-corrected chi connectivity index (χ0v) is 34.4. The van der Waals surface area contributed by atoms with Gasteiger partial charge in [-0.25, -0.2) is 12.5 Å². The van der Waals surface area contributed by atoms with Crippen molar-refractivity contribution in [3.8, 4) is 11.3 Å². The molecular formula is C46H57IrNO2-2.